The van der Waals surface area contributed by atoms with Crippen LogP contribution < -0.4 is 5.32 Å². The van der Waals surface area contributed by atoms with E-state index in [1.165, 1.54) is 6.92 Å². The summed E-state index contributed by atoms with van der Waals surface area (Å²) in [6, 6.07) is 2.50. The van der Waals surface area contributed by atoms with Crippen molar-refractivity contribution < 1.29 is 23.4 Å². The van der Waals surface area contributed by atoms with Crippen LogP contribution in [0.25, 0.3) is 0 Å². The number of carbonyl (C=O) groups excluding carboxylic acids is 1. The summed E-state index contributed by atoms with van der Waals surface area (Å²) in [7, 11) is 0. The number of aliphatic hydroxyl groups is 1. The molecule has 2 rings (SSSR count). The average Bonchev–Trinajstić information content (AvgIpc) is 2.32. The highest BCUT2D eigenvalue weighted by atomic mass is 19.1. The van der Waals surface area contributed by atoms with Crippen molar-refractivity contribution in [1.29, 1.82) is 0 Å². The Labute approximate surface area is 109 Å². The van der Waals surface area contributed by atoms with Crippen molar-refractivity contribution in [1.82, 2.24) is 5.32 Å². The number of carbonyl (C=O) groups is 1. The lowest BCUT2D eigenvalue weighted by Gasteiger charge is -2.35. The molecule has 0 saturated carbocycles. The lowest BCUT2D eigenvalue weighted by molar-refractivity contribution is -0.125. The molecule has 0 bridgehead atoms. The van der Waals surface area contributed by atoms with Crippen LogP contribution in [0.1, 0.15) is 25.0 Å². The summed E-state index contributed by atoms with van der Waals surface area (Å²) in [5.41, 5.74) is 0.0469. The van der Waals surface area contributed by atoms with Gasteiger partial charge in [-0.05, 0) is 24.6 Å². The molecule has 0 spiro atoms. The predicted molar refractivity (Wildman–Crippen MR) is 63.3 cm³/mol. The Morgan fingerprint density at radius 2 is 2.21 bits per heavy atom. The van der Waals surface area contributed by atoms with Gasteiger partial charge < -0.3 is 15.2 Å². The first-order valence-electron chi connectivity index (χ1n) is 5.99. The van der Waals surface area contributed by atoms with Crippen molar-refractivity contribution >= 4 is 5.91 Å². The van der Waals surface area contributed by atoms with Crippen molar-refractivity contribution in [3.8, 4) is 0 Å². The highest BCUT2D eigenvalue weighted by molar-refractivity contribution is 5.73. The molecule has 6 heteroatoms. The lowest BCUT2D eigenvalue weighted by atomic mass is 9.94. The molecular formula is C13H15F2NO3. The minimum Gasteiger partial charge on any atom is -0.391 e. The Bertz CT molecular complexity index is 481. The Morgan fingerprint density at radius 1 is 1.47 bits per heavy atom. The fourth-order valence-electron chi connectivity index (χ4n) is 2.25. The number of nitrogens with one attached hydrogen (secondary N) is 1. The van der Waals surface area contributed by atoms with Crippen LogP contribution in [0.4, 0.5) is 8.78 Å². The second kappa shape index (κ2) is 5.63. The largest absolute Gasteiger partial charge is 0.391 e. The molecule has 1 aliphatic heterocycles. The van der Waals surface area contributed by atoms with Gasteiger partial charge in [0.2, 0.25) is 5.91 Å². The number of benzene rings is 1. The zero-order valence-electron chi connectivity index (χ0n) is 10.4. The molecule has 1 aromatic rings. The first-order valence-corrected chi connectivity index (χ1v) is 5.99. The molecule has 4 nitrogen and oxygen atoms in total. The molecule has 1 fully saturated rings. The van der Waals surface area contributed by atoms with E-state index < -0.39 is 29.9 Å². The quantitative estimate of drug-likeness (QED) is 0.852. The zero-order chi connectivity index (χ0) is 14.0. The van der Waals surface area contributed by atoms with Crippen LogP contribution in [0.5, 0.6) is 0 Å². The fraction of sp³-hybridized carbons (Fsp3) is 0.462. The van der Waals surface area contributed by atoms with Gasteiger partial charge in [-0.2, -0.15) is 0 Å². The van der Waals surface area contributed by atoms with E-state index >= 15 is 0 Å². The van der Waals surface area contributed by atoms with Crippen LogP contribution in [-0.2, 0) is 9.53 Å². The van der Waals surface area contributed by atoms with Gasteiger partial charge in [-0.15, -0.1) is 0 Å². The number of halogens is 2. The number of hydrogen-bond acceptors (Lipinski definition) is 3. The van der Waals surface area contributed by atoms with Crippen molar-refractivity contribution in [2.75, 3.05) is 6.61 Å². The van der Waals surface area contributed by atoms with Gasteiger partial charge in [0.25, 0.3) is 0 Å². The number of hydrogen-bond donors (Lipinski definition) is 2. The smallest absolute Gasteiger partial charge is 0.217 e. The van der Waals surface area contributed by atoms with E-state index in [0.717, 1.165) is 18.2 Å². The van der Waals surface area contributed by atoms with E-state index in [0.29, 0.717) is 0 Å². The van der Waals surface area contributed by atoms with Crippen LogP contribution in [0.2, 0.25) is 0 Å². The summed E-state index contributed by atoms with van der Waals surface area (Å²) in [6.07, 6.45) is -1.30. The molecular weight excluding hydrogens is 256 g/mol. The third kappa shape index (κ3) is 3.27. The van der Waals surface area contributed by atoms with Crippen LogP contribution >= 0.6 is 0 Å². The molecule has 2 N–H and O–H groups in total. The lowest BCUT2D eigenvalue weighted by Crippen LogP contribution is -2.46. The molecule has 19 heavy (non-hydrogen) atoms. The van der Waals surface area contributed by atoms with Gasteiger partial charge in [0.05, 0.1) is 18.8 Å². The van der Waals surface area contributed by atoms with Crippen LogP contribution in [0, 0.1) is 11.6 Å². The van der Waals surface area contributed by atoms with Gasteiger partial charge in [-0.1, -0.05) is 0 Å². The van der Waals surface area contributed by atoms with Crippen molar-refractivity contribution in [2.45, 2.75) is 31.6 Å². The maximum Gasteiger partial charge on any atom is 0.217 e. The van der Waals surface area contributed by atoms with E-state index in [1.54, 1.807) is 0 Å². The monoisotopic (exact) mass is 271 g/mol. The third-order valence-electron chi connectivity index (χ3n) is 3.01. The summed E-state index contributed by atoms with van der Waals surface area (Å²) in [5.74, 6) is -1.49. The number of aliphatic hydroxyl groups excluding tert-OH is 1. The predicted octanol–water partition coefficient (Wildman–Crippen LogP) is 1.29. The Kier molecular flexibility index (Phi) is 4.11. The molecule has 1 aromatic carbocycles. The van der Waals surface area contributed by atoms with Gasteiger partial charge in [-0.25, -0.2) is 8.78 Å². The zero-order valence-corrected chi connectivity index (χ0v) is 10.4. The average molecular weight is 271 g/mol. The van der Waals surface area contributed by atoms with Crippen molar-refractivity contribution in [2.24, 2.45) is 0 Å². The van der Waals surface area contributed by atoms with E-state index in [4.69, 9.17) is 4.74 Å². The van der Waals surface area contributed by atoms with Crippen LogP contribution in [0.15, 0.2) is 18.2 Å². The number of ether oxygens (including phenoxy) is 1. The minimum atomic E-state index is -0.803. The Balaban J connectivity index is 2.28. The Morgan fingerprint density at radius 3 is 2.89 bits per heavy atom. The van der Waals surface area contributed by atoms with Gasteiger partial charge in [0.15, 0.2) is 0 Å². The summed E-state index contributed by atoms with van der Waals surface area (Å²) >= 11 is 0. The van der Waals surface area contributed by atoms with Crippen molar-refractivity contribution in [3.63, 3.8) is 0 Å². The maximum absolute atomic E-state index is 13.7. The number of amides is 1. The second-order valence-corrected chi connectivity index (χ2v) is 4.62. The molecule has 0 aliphatic carbocycles. The molecule has 3 atom stereocenters. The normalized spacial score (nSPS) is 27.1. The second-order valence-electron chi connectivity index (χ2n) is 4.62. The maximum atomic E-state index is 13.7. The molecule has 1 amide bonds. The summed E-state index contributed by atoms with van der Waals surface area (Å²) < 4.78 is 32.3. The molecule has 104 valence electrons. The fourth-order valence-corrected chi connectivity index (χ4v) is 2.25. The standard InChI is InChI=1S/C13H15F2NO3/c1-7(17)16-12-5-9(18)6-19-13(12)10-4-8(14)2-3-11(10)15/h2-4,9,12-13,18H,5-6H2,1H3,(H,16,17)/t9-,12-,13+/m0/s1. The highest BCUT2D eigenvalue weighted by Crippen LogP contribution is 2.30. The summed E-state index contributed by atoms with van der Waals surface area (Å²) in [4.78, 5) is 11.1. The van der Waals surface area contributed by atoms with E-state index in [9.17, 15) is 18.7 Å². The minimum absolute atomic E-state index is 0.0245. The van der Waals surface area contributed by atoms with E-state index in [2.05, 4.69) is 5.32 Å². The molecule has 1 heterocycles. The van der Waals surface area contributed by atoms with E-state index in [-0.39, 0.29) is 24.5 Å². The first-order chi connectivity index (χ1) is 8.97. The van der Waals surface area contributed by atoms with Crippen molar-refractivity contribution in [3.05, 3.63) is 35.4 Å². The third-order valence-corrected chi connectivity index (χ3v) is 3.01. The van der Waals surface area contributed by atoms with Gasteiger partial charge in [0, 0.05) is 12.5 Å². The van der Waals surface area contributed by atoms with Crippen LogP contribution in [-0.4, -0.2) is 29.8 Å². The van der Waals surface area contributed by atoms with Crippen LogP contribution in [0.3, 0.4) is 0 Å². The molecule has 0 aromatic heterocycles. The summed E-state index contributed by atoms with van der Waals surface area (Å²) in [6.45, 7) is 1.34. The topological polar surface area (TPSA) is 58.6 Å². The SMILES string of the molecule is CC(=O)N[C@H]1C[C@H](O)CO[C@@H]1c1cc(F)ccc1F. The van der Waals surface area contributed by atoms with Gasteiger partial charge in [0.1, 0.15) is 17.7 Å². The highest BCUT2D eigenvalue weighted by Gasteiger charge is 2.34. The first kappa shape index (κ1) is 13.9. The molecule has 1 aliphatic rings. The molecule has 0 radical (unpaired) electrons. The molecule has 0 unspecified atom stereocenters. The molecule has 1 saturated heterocycles. The number of rotatable bonds is 2. The Hall–Kier alpha value is -1.53. The summed E-state index contributed by atoms with van der Waals surface area (Å²) in [5, 5.41) is 12.1. The van der Waals surface area contributed by atoms with Gasteiger partial charge >= 0.3 is 0 Å². The van der Waals surface area contributed by atoms with Gasteiger partial charge in [-0.3, -0.25) is 4.79 Å². The van der Waals surface area contributed by atoms with E-state index in [1.807, 2.05) is 0 Å².